The van der Waals surface area contributed by atoms with Gasteiger partial charge < -0.3 is 16.2 Å². The SMILES string of the molecule is CCCOc1c(CN)ccc(C(N)=O)c1-c1ccccc1.Cl.Cl. The first-order chi connectivity index (χ1) is 10.2. The monoisotopic (exact) mass is 356 g/mol. The van der Waals surface area contributed by atoms with E-state index in [1.165, 1.54) is 0 Å². The van der Waals surface area contributed by atoms with E-state index in [-0.39, 0.29) is 24.8 Å². The molecule has 0 spiro atoms. The maximum absolute atomic E-state index is 11.8. The first kappa shape index (κ1) is 21.2. The predicted molar refractivity (Wildman–Crippen MR) is 98.6 cm³/mol. The molecule has 0 heterocycles. The van der Waals surface area contributed by atoms with E-state index in [1.807, 2.05) is 37.3 Å². The van der Waals surface area contributed by atoms with E-state index in [0.717, 1.165) is 23.1 Å². The Kier molecular flexibility index (Phi) is 9.34. The van der Waals surface area contributed by atoms with Crippen LogP contribution >= 0.6 is 24.8 Å². The van der Waals surface area contributed by atoms with Crippen molar-refractivity contribution in [1.82, 2.24) is 0 Å². The molecule has 23 heavy (non-hydrogen) atoms. The number of ether oxygens (including phenoxy) is 1. The molecular formula is C17H22Cl2N2O2. The van der Waals surface area contributed by atoms with E-state index in [1.54, 1.807) is 12.1 Å². The molecule has 0 fully saturated rings. The largest absolute Gasteiger partial charge is 0.493 e. The molecule has 0 aliphatic heterocycles. The summed E-state index contributed by atoms with van der Waals surface area (Å²) < 4.78 is 5.87. The third-order valence-electron chi connectivity index (χ3n) is 3.24. The fourth-order valence-corrected chi connectivity index (χ4v) is 2.25. The molecule has 0 aromatic heterocycles. The van der Waals surface area contributed by atoms with Gasteiger partial charge in [0, 0.05) is 17.7 Å². The third-order valence-corrected chi connectivity index (χ3v) is 3.24. The molecular weight excluding hydrogens is 335 g/mol. The van der Waals surface area contributed by atoms with Gasteiger partial charge in [-0.15, -0.1) is 24.8 Å². The fourth-order valence-electron chi connectivity index (χ4n) is 2.25. The van der Waals surface area contributed by atoms with Crippen LogP contribution in [0.25, 0.3) is 11.1 Å². The van der Waals surface area contributed by atoms with Crippen LogP contribution in [0.3, 0.4) is 0 Å². The number of halogens is 2. The van der Waals surface area contributed by atoms with Crippen molar-refractivity contribution in [3.8, 4) is 16.9 Å². The van der Waals surface area contributed by atoms with E-state index >= 15 is 0 Å². The number of rotatable bonds is 6. The van der Waals surface area contributed by atoms with Crippen molar-refractivity contribution in [3.05, 3.63) is 53.6 Å². The van der Waals surface area contributed by atoms with Crippen molar-refractivity contribution in [1.29, 1.82) is 0 Å². The second kappa shape index (κ2) is 10.1. The van der Waals surface area contributed by atoms with Crippen molar-refractivity contribution in [3.63, 3.8) is 0 Å². The molecule has 0 saturated carbocycles. The summed E-state index contributed by atoms with van der Waals surface area (Å²) in [5.74, 6) is 0.181. The normalized spacial score (nSPS) is 9.48. The predicted octanol–water partition coefficient (Wildman–Crippen LogP) is 3.54. The zero-order chi connectivity index (χ0) is 15.2. The molecule has 1 amide bonds. The van der Waals surface area contributed by atoms with E-state index in [9.17, 15) is 4.79 Å². The summed E-state index contributed by atoms with van der Waals surface area (Å²) in [5, 5.41) is 0. The van der Waals surface area contributed by atoms with Crippen LogP contribution in [0.1, 0.15) is 29.3 Å². The molecule has 0 atom stereocenters. The van der Waals surface area contributed by atoms with Gasteiger partial charge in [0.15, 0.2) is 0 Å². The van der Waals surface area contributed by atoms with Gasteiger partial charge in [-0.3, -0.25) is 4.79 Å². The average molecular weight is 357 g/mol. The summed E-state index contributed by atoms with van der Waals surface area (Å²) in [7, 11) is 0. The van der Waals surface area contributed by atoms with Gasteiger partial charge in [-0.25, -0.2) is 0 Å². The number of primary amides is 1. The molecule has 0 saturated heterocycles. The highest BCUT2D eigenvalue weighted by molar-refractivity contribution is 6.01. The Morgan fingerprint density at radius 2 is 1.74 bits per heavy atom. The lowest BCUT2D eigenvalue weighted by Crippen LogP contribution is -2.15. The van der Waals surface area contributed by atoms with Crippen LogP contribution in [-0.2, 0) is 6.54 Å². The minimum Gasteiger partial charge on any atom is -0.493 e. The van der Waals surface area contributed by atoms with Gasteiger partial charge in [-0.05, 0) is 18.1 Å². The second-order valence-electron chi connectivity index (χ2n) is 4.76. The van der Waals surface area contributed by atoms with Crippen molar-refractivity contribution >= 4 is 30.7 Å². The van der Waals surface area contributed by atoms with Gasteiger partial charge in [-0.1, -0.05) is 43.3 Å². The minimum atomic E-state index is -0.473. The third kappa shape index (κ3) is 4.86. The van der Waals surface area contributed by atoms with Crippen LogP contribution in [0.4, 0.5) is 0 Å². The molecule has 0 radical (unpaired) electrons. The standard InChI is InChI=1S/C17H20N2O2.2ClH/c1-2-10-21-16-13(11-18)8-9-14(17(19)20)15(16)12-6-4-3-5-7-12;;/h3-9H,2,10-11,18H2,1H3,(H2,19,20);2*1H. The Bertz CT molecular complexity index is 634. The van der Waals surface area contributed by atoms with Gasteiger partial charge >= 0.3 is 0 Å². The highest BCUT2D eigenvalue weighted by Gasteiger charge is 2.18. The number of amides is 1. The number of nitrogens with two attached hydrogens (primary N) is 2. The van der Waals surface area contributed by atoms with Gasteiger partial charge in [-0.2, -0.15) is 0 Å². The maximum atomic E-state index is 11.8. The van der Waals surface area contributed by atoms with Crippen LogP contribution in [-0.4, -0.2) is 12.5 Å². The molecule has 2 aromatic carbocycles. The van der Waals surface area contributed by atoms with Gasteiger partial charge in [0.1, 0.15) is 5.75 Å². The molecule has 0 aliphatic rings. The van der Waals surface area contributed by atoms with Gasteiger partial charge in [0.25, 0.3) is 0 Å². The molecule has 0 unspecified atom stereocenters. The molecule has 126 valence electrons. The molecule has 4 N–H and O–H groups in total. The number of hydrogen-bond acceptors (Lipinski definition) is 3. The topological polar surface area (TPSA) is 78.3 Å². The van der Waals surface area contributed by atoms with E-state index in [4.69, 9.17) is 16.2 Å². The number of carbonyl (C=O) groups is 1. The summed E-state index contributed by atoms with van der Waals surface area (Å²) in [6, 6.07) is 13.1. The highest BCUT2D eigenvalue weighted by Crippen LogP contribution is 2.36. The van der Waals surface area contributed by atoms with Crippen LogP contribution in [0, 0.1) is 0 Å². The van der Waals surface area contributed by atoms with Crippen LogP contribution < -0.4 is 16.2 Å². The lowest BCUT2D eigenvalue weighted by atomic mass is 9.95. The molecule has 2 rings (SSSR count). The van der Waals surface area contributed by atoms with Crippen molar-refractivity contribution in [2.45, 2.75) is 19.9 Å². The average Bonchev–Trinajstić information content (AvgIpc) is 2.52. The summed E-state index contributed by atoms with van der Waals surface area (Å²) in [5.41, 5.74) is 14.2. The quantitative estimate of drug-likeness (QED) is 0.830. The lowest BCUT2D eigenvalue weighted by Gasteiger charge is -2.17. The summed E-state index contributed by atoms with van der Waals surface area (Å²) in [6.07, 6.45) is 0.874. The van der Waals surface area contributed by atoms with Crippen molar-refractivity contribution < 1.29 is 9.53 Å². The Morgan fingerprint density at radius 3 is 2.26 bits per heavy atom. The van der Waals surface area contributed by atoms with Crippen molar-refractivity contribution in [2.75, 3.05) is 6.61 Å². The zero-order valence-corrected chi connectivity index (χ0v) is 14.6. The smallest absolute Gasteiger partial charge is 0.249 e. The zero-order valence-electron chi connectivity index (χ0n) is 13.0. The Morgan fingerprint density at radius 1 is 1.09 bits per heavy atom. The highest BCUT2D eigenvalue weighted by atomic mass is 35.5. The summed E-state index contributed by atoms with van der Waals surface area (Å²) in [4.78, 5) is 11.8. The second-order valence-corrected chi connectivity index (χ2v) is 4.76. The number of hydrogen-bond donors (Lipinski definition) is 2. The molecule has 0 aliphatic carbocycles. The first-order valence-corrected chi connectivity index (χ1v) is 7.03. The molecule has 2 aromatic rings. The Labute approximate surface area is 149 Å². The van der Waals surface area contributed by atoms with Gasteiger partial charge in [0.2, 0.25) is 5.91 Å². The van der Waals surface area contributed by atoms with Gasteiger partial charge in [0.05, 0.1) is 12.2 Å². The van der Waals surface area contributed by atoms with Crippen molar-refractivity contribution in [2.24, 2.45) is 11.5 Å². The van der Waals surface area contributed by atoms with Crippen LogP contribution in [0.2, 0.25) is 0 Å². The van der Waals surface area contributed by atoms with Crippen LogP contribution in [0.5, 0.6) is 5.75 Å². The lowest BCUT2D eigenvalue weighted by molar-refractivity contribution is 0.100. The summed E-state index contributed by atoms with van der Waals surface area (Å²) >= 11 is 0. The minimum absolute atomic E-state index is 0. The molecule has 4 nitrogen and oxygen atoms in total. The number of benzene rings is 2. The molecule has 6 heteroatoms. The summed E-state index contributed by atoms with van der Waals surface area (Å²) in [6.45, 7) is 2.94. The fraction of sp³-hybridized carbons (Fsp3) is 0.235. The van der Waals surface area contributed by atoms with E-state index < -0.39 is 5.91 Å². The van der Waals surface area contributed by atoms with E-state index in [0.29, 0.717) is 24.5 Å². The maximum Gasteiger partial charge on any atom is 0.249 e. The Balaban J connectivity index is 0.00000242. The van der Waals surface area contributed by atoms with Crippen LogP contribution in [0.15, 0.2) is 42.5 Å². The molecule has 0 bridgehead atoms. The number of carbonyl (C=O) groups excluding carboxylic acids is 1. The Hall–Kier alpha value is -1.75. The van der Waals surface area contributed by atoms with E-state index in [2.05, 4.69) is 0 Å². The first-order valence-electron chi connectivity index (χ1n) is 7.03.